The largest absolute Gasteiger partial charge is 0.416 e. The Balaban J connectivity index is 2.21. The minimum atomic E-state index is -4.29. The summed E-state index contributed by atoms with van der Waals surface area (Å²) >= 11 is 0. The fourth-order valence-corrected chi connectivity index (χ4v) is 1.49. The van der Waals surface area contributed by atoms with Crippen molar-refractivity contribution in [2.75, 3.05) is 18.5 Å². The molecule has 88 valence electrons. The van der Waals surface area contributed by atoms with E-state index in [1.165, 1.54) is 6.07 Å². The Morgan fingerprint density at radius 2 is 2.00 bits per heavy atom. The van der Waals surface area contributed by atoms with Crippen LogP contribution >= 0.6 is 0 Å². The fourth-order valence-electron chi connectivity index (χ4n) is 1.49. The second-order valence-electron chi connectivity index (χ2n) is 3.91. The Hall–Kier alpha value is -1.23. The van der Waals surface area contributed by atoms with Gasteiger partial charge in [0, 0.05) is 5.69 Å². The van der Waals surface area contributed by atoms with Crippen molar-refractivity contribution < 1.29 is 17.9 Å². The number of ether oxygens (including phenoxy) is 1. The first-order valence-corrected chi connectivity index (χ1v) is 4.99. The van der Waals surface area contributed by atoms with Gasteiger partial charge in [0.25, 0.3) is 0 Å². The first-order chi connectivity index (χ1) is 7.47. The van der Waals surface area contributed by atoms with Gasteiger partial charge >= 0.3 is 6.18 Å². The number of alkyl halides is 3. The lowest BCUT2D eigenvalue weighted by Gasteiger charge is -2.28. The normalized spacial score (nSPS) is 17.0. The standard InChI is InChI=1S/C11H12F3NO/c1-7-2-3-8(11(12,13)14)4-10(7)15-9-5-16-6-9/h2-4,9,15H,5-6H2,1H3. The highest BCUT2D eigenvalue weighted by molar-refractivity contribution is 5.54. The smallest absolute Gasteiger partial charge is 0.377 e. The summed E-state index contributed by atoms with van der Waals surface area (Å²) in [5.41, 5.74) is 0.712. The summed E-state index contributed by atoms with van der Waals surface area (Å²) in [5.74, 6) is 0. The maximum Gasteiger partial charge on any atom is 0.416 e. The molecule has 1 aliphatic rings. The van der Waals surface area contributed by atoms with Crippen LogP contribution in [0.5, 0.6) is 0 Å². The molecule has 1 aromatic rings. The lowest BCUT2D eigenvalue weighted by molar-refractivity contribution is -0.137. The van der Waals surface area contributed by atoms with Gasteiger partial charge in [-0.05, 0) is 24.6 Å². The van der Waals surface area contributed by atoms with Crippen molar-refractivity contribution in [3.05, 3.63) is 29.3 Å². The minimum absolute atomic E-state index is 0.127. The molecule has 1 aromatic carbocycles. The average Bonchev–Trinajstić information content (AvgIpc) is 2.11. The van der Waals surface area contributed by atoms with Crippen molar-refractivity contribution in [3.8, 4) is 0 Å². The van der Waals surface area contributed by atoms with E-state index in [4.69, 9.17) is 4.74 Å². The molecule has 1 saturated heterocycles. The molecule has 2 rings (SSSR count). The molecule has 0 atom stereocenters. The molecule has 0 aliphatic carbocycles. The predicted octanol–water partition coefficient (Wildman–Crippen LogP) is 2.82. The number of rotatable bonds is 2. The van der Waals surface area contributed by atoms with E-state index in [2.05, 4.69) is 5.32 Å². The Labute approximate surface area is 91.4 Å². The summed E-state index contributed by atoms with van der Waals surface area (Å²) in [4.78, 5) is 0. The second-order valence-corrected chi connectivity index (χ2v) is 3.91. The van der Waals surface area contributed by atoms with Crippen molar-refractivity contribution in [3.63, 3.8) is 0 Å². The van der Waals surface area contributed by atoms with Gasteiger partial charge in [-0.15, -0.1) is 0 Å². The molecule has 0 spiro atoms. The SMILES string of the molecule is Cc1ccc(C(F)(F)F)cc1NC1COC1. The van der Waals surface area contributed by atoms with E-state index in [1.54, 1.807) is 6.92 Å². The number of halogens is 3. The van der Waals surface area contributed by atoms with Crippen LogP contribution in [0.15, 0.2) is 18.2 Å². The van der Waals surface area contributed by atoms with Gasteiger partial charge in [-0.2, -0.15) is 13.2 Å². The molecule has 0 radical (unpaired) electrons. The molecule has 0 unspecified atom stereocenters. The molecule has 1 N–H and O–H groups in total. The van der Waals surface area contributed by atoms with Crippen molar-refractivity contribution in [1.82, 2.24) is 0 Å². The first-order valence-electron chi connectivity index (χ1n) is 4.99. The highest BCUT2D eigenvalue weighted by atomic mass is 19.4. The van der Waals surface area contributed by atoms with Gasteiger partial charge in [-0.1, -0.05) is 6.07 Å². The van der Waals surface area contributed by atoms with E-state index in [9.17, 15) is 13.2 Å². The summed E-state index contributed by atoms with van der Waals surface area (Å²) < 4.78 is 42.4. The third-order valence-corrected chi connectivity index (χ3v) is 2.56. The Morgan fingerprint density at radius 3 is 2.50 bits per heavy atom. The van der Waals surface area contributed by atoms with Crippen LogP contribution in [0.4, 0.5) is 18.9 Å². The molecule has 1 heterocycles. The predicted molar refractivity (Wildman–Crippen MR) is 54.4 cm³/mol. The van der Waals surface area contributed by atoms with Crippen LogP contribution in [0.25, 0.3) is 0 Å². The Morgan fingerprint density at radius 1 is 1.31 bits per heavy atom. The van der Waals surface area contributed by atoms with Crippen molar-refractivity contribution in [2.24, 2.45) is 0 Å². The van der Waals surface area contributed by atoms with Gasteiger partial charge in [-0.25, -0.2) is 0 Å². The number of hydrogen-bond acceptors (Lipinski definition) is 2. The molecule has 0 aromatic heterocycles. The van der Waals surface area contributed by atoms with E-state index in [-0.39, 0.29) is 6.04 Å². The van der Waals surface area contributed by atoms with E-state index in [0.29, 0.717) is 18.9 Å². The third-order valence-electron chi connectivity index (χ3n) is 2.56. The molecule has 1 fully saturated rings. The van der Waals surface area contributed by atoms with E-state index >= 15 is 0 Å². The number of nitrogens with one attached hydrogen (secondary N) is 1. The van der Waals surface area contributed by atoms with Crippen LogP contribution in [-0.2, 0) is 10.9 Å². The molecule has 0 saturated carbocycles. The van der Waals surface area contributed by atoms with Gasteiger partial charge in [0.1, 0.15) is 0 Å². The van der Waals surface area contributed by atoms with Crippen molar-refractivity contribution in [1.29, 1.82) is 0 Å². The van der Waals surface area contributed by atoms with Crippen LogP contribution in [0.2, 0.25) is 0 Å². The van der Waals surface area contributed by atoms with Gasteiger partial charge in [-0.3, -0.25) is 0 Å². The van der Waals surface area contributed by atoms with Crippen molar-refractivity contribution >= 4 is 5.69 Å². The minimum Gasteiger partial charge on any atom is -0.377 e. The zero-order chi connectivity index (χ0) is 11.8. The van der Waals surface area contributed by atoms with E-state index in [1.807, 2.05) is 0 Å². The van der Waals surface area contributed by atoms with Crippen LogP contribution in [0, 0.1) is 6.92 Å². The zero-order valence-electron chi connectivity index (χ0n) is 8.77. The van der Waals surface area contributed by atoms with Crippen LogP contribution < -0.4 is 5.32 Å². The molecule has 0 amide bonds. The van der Waals surface area contributed by atoms with Gasteiger partial charge < -0.3 is 10.1 Å². The maximum absolute atomic E-state index is 12.5. The number of aryl methyl sites for hydroxylation is 1. The van der Waals surface area contributed by atoms with Crippen molar-refractivity contribution in [2.45, 2.75) is 19.1 Å². The maximum atomic E-state index is 12.5. The number of benzene rings is 1. The topological polar surface area (TPSA) is 21.3 Å². The lowest BCUT2D eigenvalue weighted by atomic mass is 10.1. The highest BCUT2D eigenvalue weighted by Crippen LogP contribution is 2.32. The third kappa shape index (κ3) is 2.29. The van der Waals surface area contributed by atoms with Gasteiger partial charge in [0.15, 0.2) is 0 Å². The van der Waals surface area contributed by atoms with Gasteiger partial charge in [0.05, 0.1) is 24.8 Å². The Kier molecular flexibility index (Phi) is 2.80. The second kappa shape index (κ2) is 3.97. The summed E-state index contributed by atoms with van der Waals surface area (Å²) in [6.45, 7) is 2.88. The number of anilines is 1. The fraction of sp³-hybridized carbons (Fsp3) is 0.455. The summed E-state index contributed by atoms with van der Waals surface area (Å²) in [5, 5.41) is 3.03. The van der Waals surface area contributed by atoms with E-state index in [0.717, 1.165) is 17.7 Å². The highest BCUT2D eigenvalue weighted by Gasteiger charge is 2.31. The molecule has 1 aliphatic heterocycles. The van der Waals surface area contributed by atoms with Crippen LogP contribution in [0.3, 0.4) is 0 Å². The zero-order valence-corrected chi connectivity index (χ0v) is 8.77. The molecular formula is C11H12F3NO. The molecule has 16 heavy (non-hydrogen) atoms. The summed E-state index contributed by atoms with van der Waals surface area (Å²) in [7, 11) is 0. The van der Waals surface area contributed by atoms with Crippen LogP contribution in [-0.4, -0.2) is 19.3 Å². The Bertz CT molecular complexity index is 385. The summed E-state index contributed by atoms with van der Waals surface area (Å²) in [6.07, 6.45) is -4.29. The molecule has 5 heteroatoms. The lowest BCUT2D eigenvalue weighted by Crippen LogP contribution is -2.40. The quantitative estimate of drug-likeness (QED) is 0.845. The average molecular weight is 231 g/mol. The van der Waals surface area contributed by atoms with Crippen LogP contribution in [0.1, 0.15) is 11.1 Å². The summed E-state index contributed by atoms with van der Waals surface area (Å²) in [6, 6.07) is 3.85. The first kappa shape index (κ1) is 11.3. The van der Waals surface area contributed by atoms with E-state index < -0.39 is 11.7 Å². The number of hydrogen-bond donors (Lipinski definition) is 1. The molecule has 0 bridgehead atoms. The molecule has 2 nitrogen and oxygen atoms in total. The molecular weight excluding hydrogens is 219 g/mol. The van der Waals surface area contributed by atoms with Gasteiger partial charge in [0.2, 0.25) is 0 Å². The monoisotopic (exact) mass is 231 g/mol.